The molecule has 1 heterocycles. The van der Waals surface area contributed by atoms with E-state index in [4.69, 9.17) is 16.3 Å². The number of hydrogen-bond donors (Lipinski definition) is 1. The van der Waals surface area contributed by atoms with Crippen molar-refractivity contribution in [1.29, 1.82) is 0 Å². The quantitative estimate of drug-likeness (QED) is 0.743. The molecule has 1 aromatic carbocycles. The van der Waals surface area contributed by atoms with Crippen LogP contribution >= 0.6 is 11.6 Å². The van der Waals surface area contributed by atoms with Gasteiger partial charge in [-0.05, 0) is 24.6 Å². The van der Waals surface area contributed by atoms with Crippen LogP contribution in [0.2, 0.25) is 5.02 Å². The molecule has 1 aromatic heterocycles. The van der Waals surface area contributed by atoms with E-state index in [9.17, 15) is 0 Å². The molecule has 3 heteroatoms. The summed E-state index contributed by atoms with van der Waals surface area (Å²) in [5, 5.41) is 1.79. The Morgan fingerprint density at radius 3 is 2.85 bits per heavy atom. The van der Waals surface area contributed by atoms with Gasteiger partial charge in [-0.3, -0.25) is 0 Å². The van der Waals surface area contributed by atoms with Gasteiger partial charge in [-0.25, -0.2) is 0 Å². The van der Waals surface area contributed by atoms with Crippen molar-refractivity contribution in [1.82, 2.24) is 4.98 Å². The lowest BCUT2D eigenvalue weighted by Crippen LogP contribution is -1.84. The van der Waals surface area contributed by atoms with Crippen LogP contribution in [0.3, 0.4) is 0 Å². The second-order valence-corrected chi connectivity index (χ2v) is 3.38. The maximum atomic E-state index is 6.01. The lowest BCUT2D eigenvalue weighted by Gasteiger charge is -2.03. The minimum absolute atomic E-state index is 0.726. The van der Waals surface area contributed by atoms with Gasteiger partial charge in [0.15, 0.2) is 0 Å². The van der Waals surface area contributed by atoms with Crippen molar-refractivity contribution < 1.29 is 4.74 Å². The monoisotopic (exact) mass is 195 g/mol. The molecule has 0 aliphatic carbocycles. The molecule has 13 heavy (non-hydrogen) atoms. The Morgan fingerprint density at radius 1 is 1.38 bits per heavy atom. The zero-order valence-electron chi connectivity index (χ0n) is 7.52. The molecule has 0 bridgehead atoms. The Hall–Kier alpha value is -1.15. The Kier molecular flexibility index (Phi) is 1.93. The van der Waals surface area contributed by atoms with Crippen LogP contribution in [-0.2, 0) is 0 Å². The van der Waals surface area contributed by atoms with Gasteiger partial charge < -0.3 is 9.72 Å². The van der Waals surface area contributed by atoms with Crippen LogP contribution in [0.5, 0.6) is 5.75 Å². The topological polar surface area (TPSA) is 25.0 Å². The SMILES string of the molecule is COc1ccc(Cl)c2[nH]cc(C)c12. The van der Waals surface area contributed by atoms with Gasteiger partial charge in [-0.1, -0.05) is 11.6 Å². The summed E-state index contributed by atoms with van der Waals surface area (Å²) in [6.07, 6.45) is 1.93. The maximum absolute atomic E-state index is 6.01. The van der Waals surface area contributed by atoms with Crippen molar-refractivity contribution in [2.24, 2.45) is 0 Å². The van der Waals surface area contributed by atoms with Gasteiger partial charge in [0.25, 0.3) is 0 Å². The van der Waals surface area contributed by atoms with Gasteiger partial charge in [0.05, 0.1) is 17.6 Å². The lowest BCUT2D eigenvalue weighted by molar-refractivity contribution is 0.419. The molecule has 1 N–H and O–H groups in total. The molecule has 2 aromatic rings. The lowest BCUT2D eigenvalue weighted by atomic mass is 10.2. The van der Waals surface area contributed by atoms with Crippen molar-refractivity contribution in [3.8, 4) is 5.75 Å². The first-order valence-electron chi connectivity index (χ1n) is 4.04. The average Bonchev–Trinajstić information content (AvgIpc) is 2.51. The highest BCUT2D eigenvalue weighted by molar-refractivity contribution is 6.35. The molecular weight excluding hydrogens is 186 g/mol. The average molecular weight is 196 g/mol. The molecule has 2 rings (SSSR count). The summed E-state index contributed by atoms with van der Waals surface area (Å²) in [5.41, 5.74) is 2.09. The molecule has 68 valence electrons. The van der Waals surface area contributed by atoms with E-state index in [1.807, 2.05) is 25.3 Å². The molecule has 0 aliphatic heterocycles. The first-order chi connectivity index (χ1) is 6.24. The van der Waals surface area contributed by atoms with Crippen molar-refractivity contribution in [3.05, 3.63) is 28.9 Å². The Morgan fingerprint density at radius 2 is 2.15 bits per heavy atom. The van der Waals surface area contributed by atoms with Crippen molar-refractivity contribution in [3.63, 3.8) is 0 Å². The number of H-pyrrole nitrogens is 1. The van der Waals surface area contributed by atoms with E-state index < -0.39 is 0 Å². The molecular formula is C10H10ClNO. The maximum Gasteiger partial charge on any atom is 0.128 e. The molecule has 0 saturated carbocycles. The third-order valence-corrected chi connectivity index (χ3v) is 2.48. The number of hydrogen-bond acceptors (Lipinski definition) is 1. The standard InChI is InChI=1S/C10H10ClNO/c1-6-5-12-10-7(11)3-4-8(13-2)9(6)10/h3-5,12H,1-2H3. The summed E-state index contributed by atoms with van der Waals surface area (Å²) < 4.78 is 5.24. The molecule has 0 amide bonds. The molecule has 2 nitrogen and oxygen atoms in total. The smallest absolute Gasteiger partial charge is 0.128 e. The van der Waals surface area contributed by atoms with Gasteiger partial charge in [-0.2, -0.15) is 0 Å². The highest BCUT2D eigenvalue weighted by Gasteiger charge is 2.08. The zero-order valence-corrected chi connectivity index (χ0v) is 8.27. The highest BCUT2D eigenvalue weighted by atomic mass is 35.5. The Balaban J connectivity index is 2.88. The molecule has 0 fully saturated rings. The van der Waals surface area contributed by atoms with Gasteiger partial charge in [-0.15, -0.1) is 0 Å². The van der Waals surface area contributed by atoms with E-state index in [0.29, 0.717) is 0 Å². The van der Waals surface area contributed by atoms with Gasteiger partial charge in [0.1, 0.15) is 5.75 Å². The van der Waals surface area contributed by atoms with Gasteiger partial charge >= 0.3 is 0 Å². The fraction of sp³-hybridized carbons (Fsp3) is 0.200. The molecule has 0 saturated heterocycles. The highest BCUT2D eigenvalue weighted by Crippen LogP contribution is 2.32. The second-order valence-electron chi connectivity index (χ2n) is 2.97. The van der Waals surface area contributed by atoms with Crippen molar-refractivity contribution >= 4 is 22.5 Å². The van der Waals surface area contributed by atoms with Crippen molar-refractivity contribution in [2.45, 2.75) is 6.92 Å². The second kappa shape index (κ2) is 2.96. The Labute approximate surface area is 81.5 Å². The van der Waals surface area contributed by atoms with E-state index in [1.165, 1.54) is 0 Å². The van der Waals surface area contributed by atoms with Crippen molar-refractivity contribution in [2.75, 3.05) is 7.11 Å². The first-order valence-corrected chi connectivity index (χ1v) is 4.42. The number of methoxy groups -OCH3 is 1. The number of aryl methyl sites for hydroxylation is 1. The third-order valence-electron chi connectivity index (χ3n) is 2.16. The molecule has 0 aliphatic rings. The summed E-state index contributed by atoms with van der Waals surface area (Å²) in [5.74, 6) is 0.859. The van der Waals surface area contributed by atoms with E-state index in [-0.39, 0.29) is 0 Å². The summed E-state index contributed by atoms with van der Waals surface area (Å²) >= 11 is 6.01. The number of fused-ring (bicyclic) bond motifs is 1. The predicted octanol–water partition coefficient (Wildman–Crippen LogP) is 3.14. The van der Waals surface area contributed by atoms with Crippen LogP contribution in [0.15, 0.2) is 18.3 Å². The van der Waals surface area contributed by atoms with Crippen LogP contribution < -0.4 is 4.74 Å². The van der Waals surface area contributed by atoms with Crippen LogP contribution in [-0.4, -0.2) is 12.1 Å². The largest absolute Gasteiger partial charge is 0.496 e. The molecule has 0 atom stereocenters. The van der Waals surface area contributed by atoms with E-state index >= 15 is 0 Å². The minimum atomic E-state index is 0.726. The molecule has 0 unspecified atom stereocenters. The minimum Gasteiger partial charge on any atom is -0.496 e. The van der Waals surface area contributed by atoms with E-state index in [0.717, 1.165) is 27.2 Å². The van der Waals surface area contributed by atoms with Crippen LogP contribution in [0.25, 0.3) is 10.9 Å². The van der Waals surface area contributed by atoms with E-state index in [1.54, 1.807) is 7.11 Å². The summed E-state index contributed by atoms with van der Waals surface area (Å²) in [6, 6.07) is 3.71. The molecule has 0 radical (unpaired) electrons. The third kappa shape index (κ3) is 1.18. The number of halogens is 1. The zero-order chi connectivity index (χ0) is 9.42. The van der Waals surface area contributed by atoms with Crippen LogP contribution in [0.4, 0.5) is 0 Å². The van der Waals surface area contributed by atoms with Crippen LogP contribution in [0, 0.1) is 6.92 Å². The summed E-state index contributed by atoms with van der Waals surface area (Å²) in [4.78, 5) is 3.12. The number of nitrogens with one attached hydrogen (secondary N) is 1. The summed E-state index contributed by atoms with van der Waals surface area (Å²) in [7, 11) is 1.66. The summed E-state index contributed by atoms with van der Waals surface area (Å²) in [6.45, 7) is 2.03. The van der Waals surface area contributed by atoms with Gasteiger partial charge in [0.2, 0.25) is 0 Å². The number of aromatic nitrogens is 1. The fourth-order valence-electron chi connectivity index (χ4n) is 1.51. The molecule has 0 spiro atoms. The fourth-order valence-corrected chi connectivity index (χ4v) is 1.73. The number of benzene rings is 1. The number of ether oxygens (including phenoxy) is 1. The Bertz CT molecular complexity index is 447. The van der Waals surface area contributed by atoms with Crippen LogP contribution in [0.1, 0.15) is 5.56 Å². The van der Waals surface area contributed by atoms with E-state index in [2.05, 4.69) is 4.98 Å². The number of rotatable bonds is 1. The first kappa shape index (κ1) is 8.45. The van der Waals surface area contributed by atoms with Gasteiger partial charge in [0, 0.05) is 11.6 Å². The number of aromatic amines is 1. The predicted molar refractivity (Wildman–Crippen MR) is 54.6 cm³/mol. The normalized spacial score (nSPS) is 10.7.